The van der Waals surface area contributed by atoms with E-state index < -0.39 is 0 Å². The van der Waals surface area contributed by atoms with Gasteiger partial charge in [0.25, 0.3) is 0 Å². The number of nitrogens with zero attached hydrogens (tertiary/aromatic N) is 6. The monoisotopic (exact) mass is 380 g/mol. The second-order valence-electron chi connectivity index (χ2n) is 7.50. The standard InChI is InChI=1S/C23H20N6/c1-15-10-11-18-20(26-19-9-6-14-27(18)19)21(15)29-16(2)28(17-7-4-3-5-8-17)22-23(29)25-13-12-24-22/h3-8,10-14,16H,9H2,1-2H3/t16-/m0/s1. The summed E-state index contributed by atoms with van der Waals surface area (Å²) in [5.41, 5.74) is 5.53. The Morgan fingerprint density at radius 2 is 1.69 bits per heavy atom. The highest BCUT2D eigenvalue weighted by atomic mass is 15.5. The Balaban J connectivity index is 1.60. The third kappa shape index (κ3) is 2.20. The molecule has 0 bridgehead atoms. The molecule has 0 N–H and O–H groups in total. The molecular formula is C23H20N6. The van der Waals surface area contributed by atoms with Crippen molar-refractivity contribution in [2.24, 2.45) is 0 Å². The van der Waals surface area contributed by atoms with Gasteiger partial charge in [-0.3, -0.25) is 4.90 Å². The summed E-state index contributed by atoms with van der Waals surface area (Å²) in [6, 6.07) is 14.7. The number of hydrogen-bond acceptors (Lipinski definition) is 5. The van der Waals surface area contributed by atoms with E-state index >= 15 is 0 Å². The zero-order chi connectivity index (χ0) is 19.5. The van der Waals surface area contributed by atoms with Gasteiger partial charge in [-0.25, -0.2) is 15.0 Å². The fourth-order valence-electron chi connectivity index (χ4n) is 4.53. The third-order valence-electron chi connectivity index (χ3n) is 5.80. The van der Waals surface area contributed by atoms with Crippen LogP contribution >= 0.6 is 0 Å². The average molecular weight is 380 g/mol. The summed E-state index contributed by atoms with van der Waals surface area (Å²) < 4.78 is 2.19. The molecule has 0 radical (unpaired) electrons. The number of aryl methyl sites for hydroxylation is 1. The molecule has 4 heterocycles. The highest BCUT2D eigenvalue weighted by Gasteiger charge is 2.39. The van der Waals surface area contributed by atoms with Crippen LogP contribution in [0.25, 0.3) is 17.2 Å². The Hall–Kier alpha value is -3.67. The van der Waals surface area contributed by atoms with Crippen molar-refractivity contribution >= 4 is 40.2 Å². The van der Waals surface area contributed by atoms with Gasteiger partial charge in [-0.05, 0) is 37.6 Å². The van der Waals surface area contributed by atoms with Crippen LogP contribution in [0, 0.1) is 6.92 Å². The summed E-state index contributed by atoms with van der Waals surface area (Å²) >= 11 is 0. The molecule has 29 heavy (non-hydrogen) atoms. The van der Waals surface area contributed by atoms with Crippen LogP contribution in [-0.2, 0) is 6.42 Å². The first kappa shape index (κ1) is 16.3. The van der Waals surface area contributed by atoms with E-state index in [1.807, 2.05) is 6.07 Å². The molecule has 6 nitrogen and oxygen atoms in total. The van der Waals surface area contributed by atoms with Crippen molar-refractivity contribution in [3.8, 4) is 0 Å². The van der Waals surface area contributed by atoms with Gasteiger partial charge in [0.15, 0.2) is 11.6 Å². The lowest BCUT2D eigenvalue weighted by Crippen LogP contribution is -2.36. The molecule has 0 aliphatic carbocycles. The molecule has 142 valence electrons. The van der Waals surface area contributed by atoms with Crippen molar-refractivity contribution in [1.29, 1.82) is 0 Å². The van der Waals surface area contributed by atoms with Crippen molar-refractivity contribution in [2.75, 3.05) is 9.80 Å². The van der Waals surface area contributed by atoms with E-state index in [1.54, 1.807) is 12.4 Å². The van der Waals surface area contributed by atoms with Crippen molar-refractivity contribution in [3.63, 3.8) is 0 Å². The number of anilines is 4. The molecule has 0 unspecified atom stereocenters. The maximum absolute atomic E-state index is 5.00. The molecular weight excluding hydrogens is 360 g/mol. The molecule has 0 saturated carbocycles. The number of benzene rings is 2. The van der Waals surface area contributed by atoms with E-state index in [0.29, 0.717) is 0 Å². The SMILES string of the molecule is Cc1ccc2c(nc3n2C=CC3)c1N1c2nccnc2N(c2ccccc2)[C@@H]1C. The molecule has 6 rings (SSSR count). The van der Waals surface area contributed by atoms with Crippen LogP contribution in [0.3, 0.4) is 0 Å². The molecule has 0 amide bonds. The Kier molecular flexibility index (Phi) is 3.32. The van der Waals surface area contributed by atoms with E-state index in [9.17, 15) is 0 Å². The smallest absolute Gasteiger partial charge is 0.178 e. The number of allylic oxidation sites excluding steroid dienone is 1. The van der Waals surface area contributed by atoms with E-state index in [2.05, 4.69) is 81.9 Å². The Morgan fingerprint density at radius 3 is 2.48 bits per heavy atom. The first-order chi connectivity index (χ1) is 14.2. The van der Waals surface area contributed by atoms with Gasteiger partial charge in [0.1, 0.15) is 17.5 Å². The van der Waals surface area contributed by atoms with Crippen LogP contribution in [0.4, 0.5) is 23.0 Å². The number of rotatable bonds is 2. The summed E-state index contributed by atoms with van der Waals surface area (Å²) in [6.07, 6.45) is 8.67. The topological polar surface area (TPSA) is 50.1 Å². The second-order valence-corrected chi connectivity index (χ2v) is 7.50. The summed E-state index contributed by atoms with van der Waals surface area (Å²) in [7, 11) is 0. The van der Waals surface area contributed by atoms with Gasteiger partial charge in [0.05, 0.1) is 11.2 Å². The Labute approximate surface area is 168 Å². The predicted molar refractivity (Wildman–Crippen MR) is 116 cm³/mol. The van der Waals surface area contributed by atoms with Crippen LogP contribution in [-0.4, -0.2) is 25.7 Å². The molecule has 2 aliphatic heterocycles. The lowest BCUT2D eigenvalue weighted by Gasteiger charge is -2.30. The second kappa shape index (κ2) is 5.91. The normalized spacial score (nSPS) is 17.2. The van der Waals surface area contributed by atoms with Gasteiger partial charge in [-0.1, -0.05) is 30.3 Å². The van der Waals surface area contributed by atoms with Crippen LogP contribution in [0.5, 0.6) is 0 Å². The summed E-state index contributed by atoms with van der Waals surface area (Å²) in [4.78, 5) is 18.9. The van der Waals surface area contributed by atoms with Gasteiger partial charge in [-0.15, -0.1) is 0 Å². The molecule has 2 aliphatic rings. The minimum atomic E-state index is 0.0196. The van der Waals surface area contributed by atoms with E-state index in [1.165, 1.54) is 5.56 Å². The minimum absolute atomic E-state index is 0.0196. The number of imidazole rings is 1. The molecule has 2 aromatic heterocycles. The van der Waals surface area contributed by atoms with E-state index in [0.717, 1.165) is 46.3 Å². The zero-order valence-corrected chi connectivity index (χ0v) is 16.3. The number of fused-ring (bicyclic) bond motifs is 4. The predicted octanol–water partition coefficient (Wildman–Crippen LogP) is 4.80. The van der Waals surface area contributed by atoms with E-state index in [-0.39, 0.29) is 6.17 Å². The maximum atomic E-state index is 5.00. The van der Waals surface area contributed by atoms with Crippen molar-refractivity contribution < 1.29 is 0 Å². The number of aromatic nitrogens is 4. The molecule has 4 aromatic rings. The molecule has 6 heteroatoms. The van der Waals surface area contributed by atoms with Crippen LogP contribution in [0.1, 0.15) is 18.3 Å². The van der Waals surface area contributed by atoms with Crippen LogP contribution < -0.4 is 9.80 Å². The van der Waals surface area contributed by atoms with Gasteiger partial charge >= 0.3 is 0 Å². The Morgan fingerprint density at radius 1 is 0.931 bits per heavy atom. The molecule has 0 spiro atoms. The van der Waals surface area contributed by atoms with Crippen LogP contribution in [0.15, 0.2) is 60.9 Å². The maximum Gasteiger partial charge on any atom is 0.178 e. The molecule has 1 atom stereocenters. The zero-order valence-electron chi connectivity index (χ0n) is 16.3. The largest absolute Gasteiger partial charge is 0.303 e. The summed E-state index contributed by atoms with van der Waals surface area (Å²) in [5.74, 6) is 2.82. The minimum Gasteiger partial charge on any atom is -0.303 e. The third-order valence-corrected chi connectivity index (χ3v) is 5.80. The lowest BCUT2D eigenvalue weighted by atomic mass is 10.1. The van der Waals surface area contributed by atoms with Gasteiger partial charge in [-0.2, -0.15) is 0 Å². The average Bonchev–Trinajstić information content (AvgIpc) is 3.40. The van der Waals surface area contributed by atoms with Crippen molar-refractivity contribution in [1.82, 2.24) is 19.5 Å². The van der Waals surface area contributed by atoms with Crippen molar-refractivity contribution in [2.45, 2.75) is 26.4 Å². The Bertz CT molecular complexity index is 1270. The van der Waals surface area contributed by atoms with Crippen LogP contribution in [0.2, 0.25) is 0 Å². The quantitative estimate of drug-likeness (QED) is 0.500. The van der Waals surface area contributed by atoms with Gasteiger partial charge < -0.3 is 9.47 Å². The first-order valence-corrected chi connectivity index (χ1v) is 9.85. The fourth-order valence-corrected chi connectivity index (χ4v) is 4.53. The lowest BCUT2D eigenvalue weighted by molar-refractivity contribution is 0.754. The number of hydrogen-bond donors (Lipinski definition) is 0. The molecule has 2 aromatic carbocycles. The highest BCUT2D eigenvalue weighted by molar-refractivity contribution is 5.98. The molecule has 0 saturated heterocycles. The molecule has 0 fully saturated rings. The van der Waals surface area contributed by atoms with E-state index in [4.69, 9.17) is 9.97 Å². The first-order valence-electron chi connectivity index (χ1n) is 9.85. The number of para-hydroxylation sites is 1. The van der Waals surface area contributed by atoms with Gasteiger partial charge in [0, 0.05) is 30.7 Å². The highest BCUT2D eigenvalue weighted by Crippen LogP contribution is 2.47. The fraction of sp³-hybridized carbons (Fsp3) is 0.174. The van der Waals surface area contributed by atoms with Gasteiger partial charge in [0.2, 0.25) is 0 Å². The summed E-state index contributed by atoms with van der Waals surface area (Å²) in [5, 5.41) is 0. The van der Waals surface area contributed by atoms with Crippen molar-refractivity contribution in [3.05, 3.63) is 72.3 Å². The summed E-state index contributed by atoms with van der Waals surface area (Å²) in [6.45, 7) is 4.33.